The second-order valence-electron chi connectivity index (χ2n) is 11.6. The number of methoxy groups -OCH3 is 3. The average Bonchev–Trinajstić information content (AvgIpc) is 3.45. The van der Waals surface area contributed by atoms with E-state index in [1.54, 1.807) is 21.3 Å². The second-order valence-corrected chi connectivity index (χ2v) is 11.6. The number of anilines is 2. The van der Waals surface area contributed by atoms with Crippen LogP contribution in [-0.2, 0) is 6.42 Å². The van der Waals surface area contributed by atoms with Crippen molar-refractivity contribution in [3.63, 3.8) is 0 Å². The van der Waals surface area contributed by atoms with Crippen LogP contribution in [0, 0.1) is 6.92 Å². The van der Waals surface area contributed by atoms with Crippen LogP contribution in [0.3, 0.4) is 0 Å². The monoisotopic (exact) mass is 626 g/mol. The van der Waals surface area contributed by atoms with Crippen molar-refractivity contribution in [2.45, 2.75) is 39.2 Å². The van der Waals surface area contributed by atoms with E-state index in [0.29, 0.717) is 28.9 Å². The van der Waals surface area contributed by atoms with Crippen LogP contribution >= 0.6 is 0 Å². The Bertz CT molecular complexity index is 1960. The largest absolute Gasteiger partial charge is 0.493 e. The molecular formula is C38H38N6O3. The van der Waals surface area contributed by atoms with Gasteiger partial charge in [0.1, 0.15) is 0 Å². The molecule has 5 aromatic rings. The molecule has 0 bridgehead atoms. The van der Waals surface area contributed by atoms with E-state index in [1.165, 1.54) is 18.4 Å². The van der Waals surface area contributed by atoms with Gasteiger partial charge in [-0.15, -0.1) is 0 Å². The molecule has 1 aromatic heterocycles. The number of nitrogens with one attached hydrogen (secondary N) is 1. The van der Waals surface area contributed by atoms with Crippen LogP contribution < -0.4 is 24.4 Å². The van der Waals surface area contributed by atoms with Crippen LogP contribution in [0.5, 0.6) is 17.2 Å². The quantitative estimate of drug-likeness (QED) is 0.177. The van der Waals surface area contributed by atoms with E-state index in [0.717, 1.165) is 51.8 Å². The van der Waals surface area contributed by atoms with Crippen LogP contribution in [0.2, 0.25) is 0 Å². The molecular weight excluding hydrogens is 588 g/mol. The highest BCUT2D eigenvalue weighted by molar-refractivity contribution is 6.51. The van der Waals surface area contributed by atoms with Crippen molar-refractivity contribution in [1.29, 1.82) is 0 Å². The number of nitrogens with zero attached hydrogens (tertiary/aromatic N) is 5. The van der Waals surface area contributed by atoms with Gasteiger partial charge in [-0.25, -0.2) is 14.7 Å². The zero-order valence-corrected chi connectivity index (χ0v) is 27.3. The Labute approximate surface area is 275 Å². The number of hydrogen-bond acceptors (Lipinski definition) is 8. The standard InChI is InChI=1S/C38H38N6O3/c1-6-7-13-25-18-20-27(21-19-25)39-36-38-41-37-33(24(2)42-44(37)28-14-9-8-10-15-28)34(43(38)30-17-12-11-16-29(30)40-36)26-22-31(45-3)35(47-5)32(23-26)46-4/h8-12,14-23,34H,6-7,13H2,1-5H3,(H,39,40). The number of benzene rings is 4. The fourth-order valence-corrected chi connectivity index (χ4v) is 6.39. The molecule has 9 nitrogen and oxygen atoms in total. The Morgan fingerprint density at radius 3 is 2.19 bits per heavy atom. The van der Waals surface area contributed by atoms with E-state index in [1.807, 2.05) is 72.3 Å². The van der Waals surface area contributed by atoms with Crippen molar-refractivity contribution in [3.05, 3.63) is 113 Å². The maximum atomic E-state index is 5.83. The zero-order chi connectivity index (χ0) is 32.5. The number of aromatic nitrogens is 2. The molecule has 0 aliphatic carbocycles. The van der Waals surface area contributed by atoms with Crippen LogP contribution in [0.25, 0.3) is 5.69 Å². The minimum absolute atomic E-state index is 0.353. The van der Waals surface area contributed by atoms with Crippen LogP contribution in [0.15, 0.2) is 101 Å². The Morgan fingerprint density at radius 2 is 1.51 bits per heavy atom. The molecule has 2 aliphatic rings. The van der Waals surface area contributed by atoms with Gasteiger partial charge in [0.05, 0.1) is 50.1 Å². The first-order valence-electron chi connectivity index (χ1n) is 15.9. The molecule has 1 atom stereocenters. The predicted molar refractivity (Wildman–Crippen MR) is 188 cm³/mol. The first-order chi connectivity index (χ1) is 23.0. The van der Waals surface area contributed by atoms with Gasteiger partial charge in [0, 0.05) is 11.3 Å². The molecule has 0 fully saturated rings. The van der Waals surface area contributed by atoms with Gasteiger partial charge < -0.3 is 24.4 Å². The smallest absolute Gasteiger partial charge is 0.203 e. The molecule has 0 spiro atoms. The third-order valence-electron chi connectivity index (χ3n) is 8.68. The minimum atomic E-state index is -0.353. The number of para-hydroxylation sites is 3. The highest BCUT2D eigenvalue weighted by Crippen LogP contribution is 2.50. The number of ether oxygens (including phenoxy) is 3. The van der Waals surface area contributed by atoms with Gasteiger partial charge in [-0.05, 0) is 79.4 Å². The van der Waals surface area contributed by atoms with Gasteiger partial charge in [0.15, 0.2) is 29.0 Å². The molecule has 0 radical (unpaired) electrons. The summed E-state index contributed by atoms with van der Waals surface area (Å²) < 4.78 is 19.3. The Hall–Kier alpha value is -5.57. The molecule has 4 aromatic carbocycles. The molecule has 0 saturated heterocycles. The van der Waals surface area contributed by atoms with Crippen molar-refractivity contribution < 1.29 is 14.2 Å². The first kappa shape index (κ1) is 30.1. The Balaban J connectivity index is 1.45. The summed E-state index contributed by atoms with van der Waals surface area (Å²) in [4.78, 5) is 12.7. The summed E-state index contributed by atoms with van der Waals surface area (Å²) in [7, 11) is 4.89. The molecule has 7 rings (SSSR count). The molecule has 1 unspecified atom stereocenters. The molecule has 9 heteroatoms. The Kier molecular flexibility index (Phi) is 8.12. The predicted octanol–water partition coefficient (Wildman–Crippen LogP) is 8.34. The number of hydrogen-bond donors (Lipinski definition) is 1. The van der Waals surface area contributed by atoms with Gasteiger partial charge in [-0.3, -0.25) is 0 Å². The summed E-state index contributed by atoms with van der Waals surface area (Å²) in [6.45, 7) is 4.25. The topological polar surface area (TPSA) is 85.5 Å². The van der Waals surface area contributed by atoms with Crippen LogP contribution in [0.1, 0.15) is 48.2 Å². The molecule has 3 heterocycles. The van der Waals surface area contributed by atoms with Gasteiger partial charge in [0.25, 0.3) is 0 Å². The third kappa shape index (κ3) is 5.37. The minimum Gasteiger partial charge on any atom is -0.493 e. The van der Waals surface area contributed by atoms with Crippen molar-refractivity contribution in [3.8, 4) is 22.9 Å². The molecule has 47 heavy (non-hydrogen) atoms. The van der Waals surface area contributed by atoms with Gasteiger partial charge in [-0.1, -0.05) is 55.8 Å². The zero-order valence-electron chi connectivity index (χ0n) is 27.3. The summed E-state index contributed by atoms with van der Waals surface area (Å²) in [6.07, 6.45) is 3.40. The highest BCUT2D eigenvalue weighted by Gasteiger charge is 2.42. The van der Waals surface area contributed by atoms with Gasteiger partial charge in [0.2, 0.25) is 5.75 Å². The normalized spacial score (nSPS) is 14.7. The van der Waals surface area contributed by atoms with E-state index in [4.69, 9.17) is 29.3 Å². The van der Waals surface area contributed by atoms with E-state index >= 15 is 0 Å². The summed E-state index contributed by atoms with van der Waals surface area (Å²) in [6, 6.07) is 30.5. The summed E-state index contributed by atoms with van der Waals surface area (Å²) in [5.41, 5.74) is 7.72. The third-order valence-corrected chi connectivity index (χ3v) is 8.68. The van der Waals surface area contributed by atoms with Gasteiger partial charge in [-0.2, -0.15) is 5.10 Å². The van der Waals surface area contributed by atoms with E-state index < -0.39 is 0 Å². The maximum absolute atomic E-state index is 5.83. The Morgan fingerprint density at radius 1 is 0.809 bits per heavy atom. The summed E-state index contributed by atoms with van der Waals surface area (Å²) >= 11 is 0. The van der Waals surface area contributed by atoms with Crippen molar-refractivity contribution in [2.75, 3.05) is 31.5 Å². The molecule has 1 N–H and O–H groups in total. The average molecular weight is 627 g/mol. The van der Waals surface area contributed by atoms with Crippen LogP contribution in [0.4, 0.5) is 22.9 Å². The first-order valence-corrected chi connectivity index (χ1v) is 15.9. The lowest BCUT2D eigenvalue weighted by Gasteiger charge is -2.40. The van der Waals surface area contributed by atoms with E-state index in [9.17, 15) is 0 Å². The molecule has 238 valence electrons. The fraction of sp³-hybridized carbons (Fsp3) is 0.237. The number of unbranched alkanes of at least 4 members (excludes halogenated alkanes) is 1. The lowest BCUT2D eigenvalue weighted by molar-refractivity contribution is 0.323. The molecule has 2 aliphatic heterocycles. The number of rotatable bonds is 9. The second kappa shape index (κ2) is 12.7. The van der Waals surface area contributed by atoms with E-state index in [-0.39, 0.29) is 6.04 Å². The lowest BCUT2D eigenvalue weighted by atomic mass is 9.92. The summed E-state index contributed by atoms with van der Waals surface area (Å²) in [5, 5.41) is 8.66. The van der Waals surface area contributed by atoms with E-state index in [2.05, 4.69) is 47.5 Å². The number of aliphatic imine (C=N–C) groups is 2. The SMILES string of the molecule is CCCCc1ccc(NC2=Nc3ccccc3N3C2=Nc2c(c(C)nn2-c2ccccc2)C3c2cc(OC)c(OC)c(OC)c2)cc1. The van der Waals surface area contributed by atoms with Crippen molar-refractivity contribution in [2.24, 2.45) is 9.98 Å². The summed E-state index contributed by atoms with van der Waals surface area (Å²) in [5.74, 6) is 3.74. The molecule has 0 amide bonds. The number of amidine groups is 2. The fourth-order valence-electron chi connectivity index (χ4n) is 6.39. The maximum Gasteiger partial charge on any atom is 0.203 e. The highest BCUT2D eigenvalue weighted by atomic mass is 16.5. The number of aryl methyl sites for hydroxylation is 2. The number of fused-ring (bicyclic) bond motifs is 4. The van der Waals surface area contributed by atoms with Crippen molar-refractivity contribution in [1.82, 2.24) is 9.78 Å². The lowest BCUT2D eigenvalue weighted by Crippen LogP contribution is -2.46. The van der Waals surface area contributed by atoms with Crippen LogP contribution in [-0.4, -0.2) is 42.8 Å². The van der Waals surface area contributed by atoms with Gasteiger partial charge >= 0.3 is 0 Å². The molecule has 0 saturated carbocycles. The van der Waals surface area contributed by atoms with Crippen molar-refractivity contribution >= 4 is 34.6 Å².